The molecule has 29 heavy (non-hydrogen) atoms. The molecule has 1 fully saturated rings. The van der Waals surface area contributed by atoms with Crippen molar-refractivity contribution in [2.24, 2.45) is 0 Å². The van der Waals surface area contributed by atoms with Gasteiger partial charge in [0, 0.05) is 43.3 Å². The Hall–Kier alpha value is -2.33. The monoisotopic (exact) mass is 389 g/mol. The number of hydrogen-bond donors (Lipinski definition) is 0. The molecule has 0 aromatic heterocycles. The lowest BCUT2D eigenvalue weighted by atomic mass is 9.74. The molecule has 5 rings (SSSR count). The highest BCUT2D eigenvalue weighted by Crippen LogP contribution is 2.46. The summed E-state index contributed by atoms with van der Waals surface area (Å²) in [4.78, 5) is 19.5. The first kappa shape index (κ1) is 18.7. The van der Waals surface area contributed by atoms with Gasteiger partial charge < -0.3 is 14.7 Å². The maximum atomic E-state index is 12.5. The van der Waals surface area contributed by atoms with Gasteiger partial charge in [-0.25, -0.2) is 0 Å². The largest absolute Gasteiger partial charge is 0.373 e. The van der Waals surface area contributed by atoms with Gasteiger partial charge in [-0.05, 0) is 68.6 Å². The number of benzene rings is 2. The van der Waals surface area contributed by atoms with Crippen molar-refractivity contribution in [3.63, 3.8) is 0 Å². The van der Waals surface area contributed by atoms with Gasteiger partial charge in [0.25, 0.3) is 0 Å². The molecule has 0 unspecified atom stereocenters. The molecular formula is C25H31N3O. The molecule has 1 amide bonds. The number of para-hydroxylation sites is 2. The summed E-state index contributed by atoms with van der Waals surface area (Å²) in [6.45, 7) is 5.39. The molecular weight excluding hydrogens is 358 g/mol. The number of aryl methyl sites for hydroxylation is 1. The molecule has 0 saturated carbocycles. The van der Waals surface area contributed by atoms with E-state index in [9.17, 15) is 4.79 Å². The van der Waals surface area contributed by atoms with Gasteiger partial charge >= 0.3 is 0 Å². The number of hydrogen-bond acceptors (Lipinski definition) is 3. The van der Waals surface area contributed by atoms with Crippen LogP contribution in [0.4, 0.5) is 11.4 Å². The van der Waals surface area contributed by atoms with Gasteiger partial charge in [0.15, 0.2) is 0 Å². The Morgan fingerprint density at radius 2 is 1.62 bits per heavy atom. The summed E-state index contributed by atoms with van der Waals surface area (Å²) in [5.74, 6) is 0.284. The lowest BCUT2D eigenvalue weighted by molar-refractivity contribution is -0.118. The van der Waals surface area contributed by atoms with E-state index in [2.05, 4.69) is 59.3 Å². The average Bonchev–Trinajstić information content (AvgIpc) is 3.03. The third-order valence-electron chi connectivity index (χ3n) is 7.29. The fourth-order valence-electron chi connectivity index (χ4n) is 5.71. The average molecular weight is 390 g/mol. The third-order valence-corrected chi connectivity index (χ3v) is 7.29. The molecule has 3 heterocycles. The number of piperidine rings is 1. The number of amides is 1. The summed E-state index contributed by atoms with van der Waals surface area (Å²) < 4.78 is 0. The number of likely N-dealkylation sites (N-methyl/N-ethyl adjacent to an activating group) is 1. The first-order valence-electron chi connectivity index (χ1n) is 11.1. The number of fused-ring (bicyclic) bond motifs is 3. The zero-order chi connectivity index (χ0) is 19.8. The van der Waals surface area contributed by atoms with Crippen LogP contribution in [0.15, 0.2) is 48.5 Å². The summed E-state index contributed by atoms with van der Waals surface area (Å²) in [7, 11) is 2.23. The highest BCUT2D eigenvalue weighted by atomic mass is 16.2. The maximum Gasteiger partial charge on any atom is 0.227 e. The van der Waals surface area contributed by atoms with Crippen molar-refractivity contribution in [1.82, 2.24) is 4.90 Å². The van der Waals surface area contributed by atoms with Gasteiger partial charge in [0.1, 0.15) is 0 Å². The van der Waals surface area contributed by atoms with Crippen LogP contribution in [0.1, 0.15) is 36.8 Å². The highest BCUT2D eigenvalue weighted by Gasteiger charge is 2.43. The minimum absolute atomic E-state index is 0.284. The lowest BCUT2D eigenvalue weighted by Crippen LogP contribution is -2.45. The van der Waals surface area contributed by atoms with E-state index < -0.39 is 0 Å². The fourth-order valence-corrected chi connectivity index (χ4v) is 5.71. The molecule has 2 aromatic rings. The van der Waals surface area contributed by atoms with Crippen molar-refractivity contribution >= 4 is 17.3 Å². The van der Waals surface area contributed by atoms with Gasteiger partial charge in [-0.1, -0.05) is 36.4 Å². The highest BCUT2D eigenvalue weighted by molar-refractivity contribution is 5.96. The predicted octanol–water partition coefficient (Wildman–Crippen LogP) is 3.84. The number of nitrogens with zero attached hydrogens (tertiary/aromatic N) is 3. The molecule has 4 heteroatoms. The predicted molar refractivity (Wildman–Crippen MR) is 119 cm³/mol. The van der Waals surface area contributed by atoms with Crippen LogP contribution in [0.5, 0.6) is 0 Å². The molecule has 0 N–H and O–H groups in total. The van der Waals surface area contributed by atoms with Crippen LogP contribution in [-0.4, -0.2) is 50.6 Å². The van der Waals surface area contributed by atoms with Crippen LogP contribution < -0.4 is 9.80 Å². The van der Waals surface area contributed by atoms with E-state index in [0.717, 1.165) is 51.3 Å². The van der Waals surface area contributed by atoms with E-state index in [1.165, 1.54) is 24.1 Å². The van der Waals surface area contributed by atoms with Crippen molar-refractivity contribution < 1.29 is 4.79 Å². The van der Waals surface area contributed by atoms with Gasteiger partial charge in [-0.15, -0.1) is 0 Å². The Labute approximate surface area is 174 Å². The molecule has 1 saturated heterocycles. The Balaban J connectivity index is 1.17. The number of carbonyl (C=O) groups is 1. The normalized spacial score (nSPS) is 20.8. The SMILES string of the molecule is CN1CC2(CCN(CCCN3C(=O)CCc4ccccc43)CC2)c2ccccc21. The Bertz CT molecular complexity index is 900. The van der Waals surface area contributed by atoms with Crippen LogP contribution in [-0.2, 0) is 16.6 Å². The zero-order valence-corrected chi connectivity index (χ0v) is 17.4. The van der Waals surface area contributed by atoms with Crippen LogP contribution >= 0.6 is 0 Å². The van der Waals surface area contributed by atoms with E-state index >= 15 is 0 Å². The first-order valence-corrected chi connectivity index (χ1v) is 11.1. The molecule has 152 valence electrons. The maximum absolute atomic E-state index is 12.5. The minimum atomic E-state index is 0.284. The molecule has 1 spiro atoms. The summed E-state index contributed by atoms with van der Waals surface area (Å²) in [6, 6.07) is 17.3. The molecule has 0 bridgehead atoms. The van der Waals surface area contributed by atoms with E-state index in [-0.39, 0.29) is 5.91 Å². The minimum Gasteiger partial charge on any atom is -0.373 e. The van der Waals surface area contributed by atoms with Crippen LogP contribution in [0.2, 0.25) is 0 Å². The second kappa shape index (κ2) is 7.49. The Morgan fingerprint density at radius 3 is 2.45 bits per heavy atom. The molecule has 0 radical (unpaired) electrons. The first-order chi connectivity index (χ1) is 14.2. The second-order valence-corrected chi connectivity index (χ2v) is 9.02. The van der Waals surface area contributed by atoms with Gasteiger partial charge in [-0.3, -0.25) is 4.79 Å². The molecule has 0 atom stereocenters. The van der Waals surface area contributed by atoms with E-state index in [1.54, 1.807) is 5.56 Å². The molecule has 4 nitrogen and oxygen atoms in total. The van der Waals surface area contributed by atoms with Crippen LogP contribution in [0.3, 0.4) is 0 Å². The van der Waals surface area contributed by atoms with Crippen LogP contribution in [0, 0.1) is 0 Å². The number of likely N-dealkylation sites (tertiary alicyclic amines) is 1. The van der Waals surface area contributed by atoms with Gasteiger partial charge in [0.2, 0.25) is 5.91 Å². The van der Waals surface area contributed by atoms with Gasteiger partial charge in [0.05, 0.1) is 0 Å². The van der Waals surface area contributed by atoms with Crippen molar-refractivity contribution in [3.8, 4) is 0 Å². The summed E-state index contributed by atoms with van der Waals surface area (Å²) in [5, 5.41) is 0. The number of carbonyl (C=O) groups excluding carboxylic acids is 1. The van der Waals surface area contributed by atoms with E-state index in [4.69, 9.17) is 0 Å². The Kier molecular flexibility index (Phi) is 4.83. The summed E-state index contributed by atoms with van der Waals surface area (Å²) >= 11 is 0. The summed E-state index contributed by atoms with van der Waals surface area (Å²) in [6.07, 6.45) is 5.05. The second-order valence-electron chi connectivity index (χ2n) is 9.02. The van der Waals surface area contributed by atoms with E-state index in [0.29, 0.717) is 11.8 Å². The number of rotatable bonds is 4. The third kappa shape index (κ3) is 3.33. The lowest BCUT2D eigenvalue weighted by Gasteiger charge is -2.40. The Morgan fingerprint density at radius 1 is 0.897 bits per heavy atom. The van der Waals surface area contributed by atoms with Crippen molar-refractivity contribution in [2.45, 2.75) is 37.5 Å². The van der Waals surface area contributed by atoms with Crippen molar-refractivity contribution in [3.05, 3.63) is 59.7 Å². The smallest absolute Gasteiger partial charge is 0.227 e. The quantitative estimate of drug-likeness (QED) is 0.795. The molecule has 2 aromatic carbocycles. The van der Waals surface area contributed by atoms with Gasteiger partial charge in [-0.2, -0.15) is 0 Å². The standard InChI is InChI=1S/C25H31N3O/c1-26-19-25(21-8-3-5-10-23(21)26)13-17-27(18-14-25)15-6-16-28-22-9-4-2-7-20(22)11-12-24(28)29/h2-5,7-10H,6,11-19H2,1H3. The molecule has 3 aliphatic heterocycles. The molecule has 0 aliphatic carbocycles. The van der Waals surface area contributed by atoms with Crippen molar-refractivity contribution in [1.29, 1.82) is 0 Å². The van der Waals surface area contributed by atoms with Crippen molar-refractivity contribution in [2.75, 3.05) is 49.6 Å². The van der Waals surface area contributed by atoms with Crippen LogP contribution in [0.25, 0.3) is 0 Å². The zero-order valence-electron chi connectivity index (χ0n) is 17.4. The number of anilines is 2. The molecule has 3 aliphatic rings. The topological polar surface area (TPSA) is 26.8 Å². The fraction of sp³-hybridized carbons (Fsp3) is 0.480. The van der Waals surface area contributed by atoms with E-state index in [1.807, 2.05) is 11.0 Å². The summed E-state index contributed by atoms with van der Waals surface area (Å²) in [5.41, 5.74) is 5.76.